The van der Waals surface area contributed by atoms with Gasteiger partial charge >= 0.3 is 0 Å². The third-order valence-corrected chi connectivity index (χ3v) is 5.25. The van der Waals surface area contributed by atoms with Crippen LogP contribution in [0.25, 0.3) is 22.6 Å². The molecule has 1 N–H and O–H groups in total. The predicted octanol–water partition coefficient (Wildman–Crippen LogP) is 6.60. The Morgan fingerprint density at radius 3 is 2.74 bits per heavy atom. The Hall–Kier alpha value is -3.31. The van der Waals surface area contributed by atoms with Gasteiger partial charge in [0.1, 0.15) is 11.3 Å². The molecule has 0 saturated carbocycles. The molecule has 4 rings (SSSR count). The number of ether oxygens (including phenoxy) is 1. The highest BCUT2D eigenvalue weighted by Gasteiger charge is 2.13. The second-order valence-electron chi connectivity index (χ2n) is 7.75. The normalized spacial score (nSPS) is 11.1. The number of nitrogens with one attached hydrogen (secondary N) is 1. The number of benzene rings is 3. The number of oxazole rings is 1. The van der Waals surface area contributed by atoms with Crippen LogP contribution >= 0.6 is 11.6 Å². The number of nitrogens with zero attached hydrogens (tertiary/aromatic N) is 1. The number of amides is 1. The van der Waals surface area contributed by atoms with Crippen molar-refractivity contribution in [2.45, 2.75) is 26.7 Å². The Morgan fingerprint density at radius 2 is 1.97 bits per heavy atom. The summed E-state index contributed by atoms with van der Waals surface area (Å²) >= 11 is 6.29. The van der Waals surface area contributed by atoms with Crippen LogP contribution in [0, 0.1) is 6.92 Å². The highest BCUT2D eigenvalue weighted by atomic mass is 35.5. The Bertz CT molecular complexity index is 1250. The van der Waals surface area contributed by atoms with Crippen molar-refractivity contribution >= 4 is 34.3 Å². The van der Waals surface area contributed by atoms with E-state index in [0.717, 1.165) is 16.6 Å². The summed E-state index contributed by atoms with van der Waals surface area (Å²) in [5.41, 5.74) is 4.97. The first-order valence-corrected chi connectivity index (χ1v) is 10.5. The topological polar surface area (TPSA) is 64.4 Å². The molecule has 0 spiro atoms. The highest BCUT2D eigenvalue weighted by molar-refractivity contribution is 6.33. The van der Waals surface area contributed by atoms with E-state index in [0.29, 0.717) is 33.9 Å². The maximum atomic E-state index is 12.4. The van der Waals surface area contributed by atoms with Crippen molar-refractivity contribution < 1.29 is 13.9 Å². The summed E-state index contributed by atoms with van der Waals surface area (Å²) in [5, 5.41) is 3.22. The van der Waals surface area contributed by atoms with E-state index in [1.54, 1.807) is 12.1 Å². The summed E-state index contributed by atoms with van der Waals surface area (Å²) in [5.74, 6) is 1.21. The van der Waals surface area contributed by atoms with Crippen LogP contribution < -0.4 is 10.1 Å². The molecule has 5 nitrogen and oxygen atoms in total. The van der Waals surface area contributed by atoms with Crippen LogP contribution in [0.1, 0.15) is 30.9 Å². The average molecular weight is 435 g/mol. The SMILES string of the molecule is Cc1cccc(OCC(=O)Nc2cc(-c3nc4cc(C(C)C)ccc4o3)ccc2Cl)c1. The summed E-state index contributed by atoms with van der Waals surface area (Å²) in [6.07, 6.45) is 0. The first-order valence-electron chi connectivity index (χ1n) is 10.1. The lowest BCUT2D eigenvalue weighted by molar-refractivity contribution is -0.118. The molecule has 1 heterocycles. The molecule has 0 aliphatic rings. The fourth-order valence-electron chi connectivity index (χ4n) is 3.22. The van der Waals surface area contributed by atoms with E-state index < -0.39 is 0 Å². The van der Waals surface area contributed by atoms with Crippen LogP contribution in [0.4, 0.5) is 5.69 Å². The van der Waals surface area contributed by atoms with Gasteiger partial charge in [-0.15, -0.1) is 0 Å². The van der Waals surface area contributed by atoms with Crippen LogP contribution in [0.2, 0.25) is 5.02 Å². The summed E-state index contributed by atoms with van der Waals surface area (Å²) in [4.78, 5) is 17.0. The van der Waals surface area contributed by atoms with Crippen LogP contribution in [-0.2, 0) is 4.79 Å². The molecule has 0 unspecified atom stereocenters. The van der Waals surface area contributed by atoms with Gasteiger partial charge in [-0.25, -0.2) is 4.98 Å². The molecule has 0 fully saturated rings. The molecule has 4 aromatic rings. The fraction of sp³-hybridized carbons (Fsp3) is 0.200. The monoisotopic (exact) mass is 434 g/mol. The number of hydrogen-bond donors (Lipinski definition) is 1. The van der Waals surface area contributed by atoms with Crippen LogP contribution in [0.5, 0.6) is 5.75 Å². The molecule has 1 amide bonds. The zero-order chi connectivity index (χ0) is 22.0. The van der Waals surface area contributed by atoms with Gasteiger partial charge in [-0.05, 0) is 66.4 Å². The molecule has 0 saturated heterocycles. The molecular weight excluding hydrogens is 412 g/mol. The largest absolute Gasteiger partial charge is 0.484 e. The first-order chi connectivity index (χ1) is 14.9. The maximum absolute atomic E-state index is 12.4. The molecule has 3 aromatic carbocycles. The Morgan fingerprint density at radius 1 is 1.13 bits per heavy atom. The summed E-state index contributed by atoms with van der Waals surface area (Å²) in [6, 6.07) is 18.8. The Balaban J connectivity index is 1.51. The van der Waals surface area contributed by atoms with E-state index in [1.165, 1.54) is 5.56 Å². The van der Waals surface area contributed by atoms with Crippen LogP contribution in [0.3, 0.4) is 0 Å². The van der Waals surface area contributed by atoms with Crippen molar-refractivity contribution in [3.8, 4) is 17.2 Å². The van der Waals surface area contributed by atoms with Crippen molar-refractivity contribution in [2.75, 3.05) is 11.9 Å². The lowest BCUT2D eigenvalue weighted by Gasteiger charge is -2.10. The molecule has 0 radical (unpaired) electrons. The first kappa shape index (κ1) is 20.9. The van der Waals surface area contributed by atoms with E-state index >= 15 is 0 Å². The maximum Gasteiger partial charge on any atom is 0.262 e. The molecule has 1 aromatic heterocycles. The number of carbonyl (C=O) groups excluding carboxylic acids is 1. The van der Waals surface area contributed by atoms with E-state index in [-0.39, 0.29) is 12.5 Å². The van der Waals surface area contributed by atoms with E-state index in [4.69, 9.17) is 20.8 Å². The third-order valence-electron chi connectivity index (χ3n) is 4.93. The smallest absolute Gasteiger partial charge is 0.262 e. The van der Waals surface area contributed by atoms with E-state index in [9.17, 15) is 4.79 Å². The van der Waals surface area contributed by atoms with Gasteiger partial charge in [-0.3, -0.25) is 4.79 Å². The third kappa shape index (κ3) is 4.89. The number of aryl methyl sites for hydroxylation is 1. The number of hydrogen-bond acceptors (Lipinski definition) is 4. The fourth-order valence-corrected chi connectivity index (χ4v) is 3.39. The van der Waals surface area contributed by atoms with Gasteiger partial charge in [-0.1, -0.05) is 43.6 Å². The minimum atomic E-state index is -0.306. The molecule has 158 valence electrons. The number of aromatic nitrogens is 1. The zero-order valence-electron chi connectivity index (χ0n) is 17.6. The molecule has 0 bridgehead atoms. The minimum Gasteiger partial charge on any atom is -0.484 e. The van der Waals surface area contributed by atoms with E-state index in [2.05, 4.69) is 24.1 Å². The van der Waals surface area contributed by atoms with Crippen LogP contribution in [0.15, 0.2) is 65.1 Å². The summed E-state index contributed by atoms with van der Waals surface area (Å²) in [6.45, 7) is 6.12. The number of halogens is 1. The van der Waals surface area contributed by atoms with E-state index in [1.807, 2.05) is 55.5 Å². The quantitative estimate of drug-likeness (QED) is 0.371. The number of rotatable bonds is 6. The van der Waals surface area contributed by atoms with Crippen molar-refractivity contribution in [1.82, 2.24) is 4.98 Å². The number of carbonyl (C=O) groups is 1. The summed E-state index contributed by atoms with van der Waals surface area (Å²) in [7, 11) is 0. The van der Waals surface area contributed by atoms with Gasteiger partial charge in [0, 0.05) is 5.56 Å². The standard InChI is InChI=1S/C25H23ClN2O3/c1-15(2)17-8-10-23-22(12-17)28-25(31-23)18-7-9-20(26)21(13-18)27-24(29)14-30-19-6-4-5-16(3)11-19/h4-13,15H,14H2,1-3H3,(H,27,29). The predicted molar refractivity (Wildman–Crippen MR) is 124 cm³/mol. The number of fused-ring (bicyclic) bond motifs is 1. The van der Waals surface area contributed by atoms with Gasteiger partial charge < -0.3 is 14.5 Å². The van der Waals surface area contributed by atoms with Crippen LogP contribution in [-0.4, -0.2) is 17.5 Å². The second kappa shape index (κ2) is 8.82. The van der Waals surface area contributed by atoms with Crippen molar-refractivity contribution in [2.24, 2.45) is 0 Å². The second-order valence-corrected chi connectivity index (χ2v) is 8.16. The molecule has 0 atom stereocenters. The lowest BCUT2D eigenvalue weighted by atomic mass is 10.0. The van der Waals surface area contributed by atoms with Gasteiger partial charge in [-0.2, -0.15) is 0 Å². The van der Waals surface area contributed by atoms with Crippen molar-refractivity contribution in [1.29, 1.82) is 0 Å². The highest BCUT2D eigenvalue weighted by Crippen LogP contribution is 2.31. The molecule has 31 heavy (non-hydrogen) atoms. The lowest BCUT2D eigenvalue weighted by Crippen LogP contribution is -2.20. The van der Waals surface area contributed by atoms with Crippen molar-refractivity contribution in [3.63, 3.8) is 0 Å². The van der Waals surface area contributed by atoms with Gasteiger partial charge in [0.2, 0.25) is 5.89 Å². The Labute approximate surface area is 186 Å². The minimum absolute atomic E-state index is 0.120. The zero-order valence-corrected chi connectivity index (χ0v) is 18.4. The molecule has 6 heteroatoms. The number of anilines is 1. The molecular formula is C25H23ClN2O3. The molecule has 0 aliphatic carbocycles. The average Bonchev–Trinajstić information content (AvgIpc) is 3.17. The van der Waals surface area contributed by atoms with Gasteiger partial charge in [0.25, 0.3) is 5.91 Å². The molecule has 0 aliphatic heterocycles. The van der Waals surface area contributed by atoms with Gasteiger partial charge in [0.15, 0.2) is 12.2 Å². The van der Waals surface area contributed by atoms with Crippen molar-refractivity contribution in [3.05, 3.63) is 76.8 Å². The Kier molecular flexibility index (Phi) is 5.96. The summed E-state index contributed by atoms with van der Waals surface area (Å²) < 4.78 is 11.5. The van der Waals surface area contributed by atoms with Gasteiger partial charge in [0.05, 0.1) is 10.7 Å².